The Morgan fingerprint density at radius 3 is 2.67 bits per heavy atom. The lowest BCUT2D eigenvalue weighted by Crippen LogP contribution is -2.23. The highest BCUT2D eigenvalue weighted by Gasteiger charge is 2.17. The number of pyridine rings is 1. The van der Waals surface area contributed by atoms with E-state index >= 15 is 0 Å². The molecule has 3 heteroatoms. The molecule has 0 aromatic carbocycles. The van der Waals surface area contributed by atoms with Crippen molar-refractivity contribution < 1.29 is 0 Å². The van der Waals surface area contributed by atoms with Crippen LogP contribution >= 0.6 is 15.9 Å². The van der Waals surface area contributed by atoms with Crippen molar-refractivity contribution in [2.45, 2.75) is 53.4 Å². The zero-order valence-corrected chi connectivity index (χ0v) is 13.6. The van der Waals surface area contributed by atoms with Crippen LogP contribution in [-0.2, 0) is 0 Å². The summed E-state index contributed by atoms with van der Waals surface area (Å²) >= 11 is 3.44. The number of unbranched alkanes of at least 4 members (excludes halogenated alkanes) is 2. The second-order valence-corrected chi connectivity index (χ2v) is 6.71. The highest BCUT2D eigenvalue weighted by molar-refractivity contribution is 9.10. The molecule has 1 N–H and O–H groups in total. The molecule has 0 unspecified atom stereocenters. The number of hydrogen-bond donors (Lipinski definition) is 1. The summed E-state index contributed by atoms with van der Waals surface area (Å²) < 4.78 is 1.03. The molecule has 102 valence electrons. The van der Waals surface area contributed by atoms with E-state index in [0.29, 0.717) is 5.41 Å². The lowest BCUT2D eigenvalue weighted by Gasteiger charge is -2.25. The Bertz CT molecular complexity index is 375. The summed E-state index contributed by atoms with van der Waals surface area (Å²) in [6.45, 7) is 9.96. The second kappa shape index (κ2) is 7.13. The smallest absolute Gasteiger partial charge is 0.128 e. The molecular weight excluding hydrogens is 288 g/mol. The molecule has 0 radical (unpaired) electrons. The maximum atomic E-state index is 4.42. The van der Waals surface area contributed by atoms with E-state index in [4.69, 9.17) is 0 Å². The zero-order chi connectivity index (χ0) is 13.6. The van der Waals surface area contributed by atoms with Crippen LogP contribution in [0.3, 0.4) is 0 Å². The summed E-state index contributed by atoms with van der Waals surface area (Å²) in [5.41, 5.74) is 1.52. The maximum absolute atomic E-state index is 4.42. The van der Waals surface area contributed by atoms with Crippen LogP contribution in [0, 0.1) is 12.3 Å². The van der Waals surface area contributed by atoms with Crippen molar-refractivity contribution >= 4 is 21.7 Å². The highest BCUT2D eigenvalue weighted by atomic mass is 79.9. The third-order valence-electron chi connectivity index (χ3n) is 3.24. The zero-order valence-electron chi connectivity index (χ0n) is 12.0. The Balaban J connectivity index is 2.48. The van der Waals surface area contributed by atoms with Gasteiger partial charge < -0.3 is 5.32 Å². The SMILES string of the molecule is CCCCCC(C)(C)CNc1ncc(Br)cc1C. The van der Waals surface area contributed by atoms with Crippen molar-refractivity contribution in [3.63, 3.8) is 0 Å². The van der Waals surface area contributed by atoms with Gasteiger partial charge in [0.25, 0.3) is 0 Å². The average Bonchev–Trinajstić information content (AvgIpc) is 2.28. The molecule has 1 aromatic rings. The number of nitrogens with one attached hydrogen (secondary N) is 1. The Labute approximate surface area is 120 Å². The van der Waals surface area contributed by atoms with Crippen molar-refractivity contribution in [2.24, 2.45) is 5.41 Å². The fourth-order valence-corrected chi connectivity index (χ4v) is 2.44. The number of aryl methyl sites for hydroxylation is 1. The van der Waals surface area contributed by atoms with Gasteiger partial charge in [-0.2, -0.15) is 0 Å². The van der Waals surface area contributed by atoms with E-state index in [1.165, 1.54) is 31.2 Å². The Morgan fingerprint density at radius 2 is 2.06 bits per heavy atom. The third kappa shape index (κ3) is 5.38. The van der Waals surface area contributed by atoms with Crippen LogP contribution in [0.5, 0.6) is 0 Å². The molecule has 0 spiro atoms. The van der Waals surface area contributed by atoms with Gasteiger partial charge in [-0.1, -0.05) is 40.0 Å². The van der Waals surface area contributed by atoms with E-state index in [2.05, 4.69) is 60.0 Å². The topological polar surface area (TPSA) is 24.9 Å². The summed E-state index contributed by atoms with van der Waals surface area (Å²) in [6, 6.07) is 2.10. The Hall–Kier alpha value is -0.570. The largest absolute Gasteiger partial charge is 0.369 e. The predicted octanol–water partition coefficient (Wildman–Crippen LogP) is 5.17. The van der Waals surface area contributed by atoms with Crippen molar-refractivity contribution in [1.29, 1.82) is 0 Å². The molecule has 0 saturated heterocycles. The van der Waals surface area contributed by atoms with E-state index in [0.717, 1.165) is 16.8 Å². The number of anilines is 1. The minimum absolute atomic E-state index is 0.330. The summed E-state index contributed by atoms with van der Waals surface area (Å²) in [6.07, 6.45) is 7.05. The number of aromatic nitrogens is 1. The first-order valence-corrected chi connectivity index (χ1v) is 7.60. The van der Waals surface area contributed by atoms with Crippen LogP contribution in [0.2, 0.25) is 0 Å². The summed E-state index contributed by atoms with van der Waals surface area (Å²) in [7, 11) is 0. The minimum atomic E-state index is 0.330. The molecule has 0 aliphatic rings. The molecule has 0 saturated carbocycles. The first-order valence-electron chi connectivity index (χ1n) is 6.80. The van der Waals surface area contributed by atoms with E-state index in [-0.39, 0.29) is 0 Å². The molecule has 1 aromatic heterocycles. The van der Waals surface area contributed by atoms with Crippen LogP contribution in [0.15, 0.2) is 16.7 Å². The van der Waals surface area contributed by atoms with Crippen LogP contribution in [0.1, 0.15) is 52.0 Å². The summed E-state index contributed by atoms with van der Waals surface area (Å²) in [5, 5.41) is 3.48. The minimum Gasteiger partial charge on any atom is -0.369 e. The summed E-state index contributed by atoms with van der Waals surface area (Å²) in [4.78, 5) is 4.42. The van der Waals surface area contributed by atoms with Crippen LogP contribution in [-0.4, -0.2) is 11.5 Å². The molecule has 1 rings (SSSR count). The van der Waals surface area contributed by atoms with Crippen molar-refractivity contribution in [1.82, 2.24) is 4.98 Å². The van der Waals surface area contributed by atoms with Gasteiger partial charge in [-0.05, 0) is 46.3 Å². The lowest BCUT2D eigenvalue weighted by molar-refractivity contribution is 0.342. The number of rotatable bonds is 7. The fourth-order valence-electron chi connectivity index (χ4n) is 1.99. The Kier molecular flexibility index (Phi) is 6.13. The van der Waals surface area contributed by atoms with E-state index in [1.54, 1.807) is 0 Å². The second-order valence-electron chi connectivity index (χ2n) is 5.79. The van der Waals surface area contributed by atoms with Gasteiger partial charge in [0.15, 0.2) is 0 Å². The van der Waals surface area contributed by atoms with Crippen LogP contribution in [0.4, 0.5) is 5.82 Å². The van der Waals surface area contributed by atoms with Crippen molar-refractivity contribution in [2.75, 3.05) is 11.9 Å². The van der Waals surface area contributed by atoms with Gasteiger partial charge in [0, 0.05) is 17.2 Å². The predicted molar refractivity (Wildman–Crippen MR) is 83.1 cm³/mol. The number of halogens is 1. The molecular formula is C15H25BrN2. The molecule has 0 fully saturated rings. The number of nitrogens with zero attached hydrogens (tertiary/aromatic N) is 1. The lowest BCUT2D eigenvalue weighted by atomic mass is 9.87. The van der Waals surface area contributed by atoms with Gasteiger partial charge in [0.2, 0.25) is 0 Å². The van der Waals surface area contributed by atoms with Crippen molar-refractivity contribution in [3.8, 4) is 0 Å². The third-order valence-corrected chi connectivity index (χ3v) is 3.67. The van der Waals surface area contributed by atoms with Gasteiger partial charge in [0.1, 0.15) is 5.82 Å². The van der Waals surface area contributed by atoms with Crippen molar-refractivity contribution in [3.05, 3.63) is 22.3 Å². The monoisotopic (exact) mass is 312 g/mol. The number of hydrogen-bond acceptors (Lipinski definition) is 2. The summed E-state index contributed by atoms with van der Waals surface area (Å²) in [5.74, 6) is 1.00. The molecule has 0 atom stereocenters. The van der Waals surface area contributed by atoms with Gasteiger partial charge in [-0.15, -0.1) is 0 Å². The van der Waals surface area contributed by atoms with Gasteiger partial charge in [-0.25, -0.2) is 4.98 Å². The standard InChI is InChI=1S/C15H25BrN2/c1-5-6-7-8-15(3,4)11-18-14-12(2)9-13(16)10-17-14/h9-10H,5-8,11H2,1-4H3,(H,17,18). The first-order chi connectivity index (χ1) is 8.44. The quantitative estimate of drug-likeness (QED) is 0.702. The molecule has 18 heavy (non-hydrogen) atoms. The molecule has 0 bridgehead atoms. The normalized spacial score (nSPS) is 11.6. The maximum Gasteiger partial charge on any atom is 0.128 e. The average molecular weight is 313 g/mol. The first kappa shape index (κ1) is 15.5. The van der Waals surface area contributed by atoms with E-state index in [1.807, 2.05) is 6.20 Å². The molecule has 1 heterocycles. The van der Waals surface area contributed by atoms with E-state index < -0.39 is 0 Å². The molecule has 0 aliphatic carbocycles. The van der Waals surface area contributed by atoms with Crippen LogP contribution in [0.25, 0.3) is 0 Å². The van der Waals surface area contributed by atoms with Gasteiger partial charge in [-0.3, -0.25) is 0 Å². The van der Waals surface area contributed by atoms with Gasteiger partial charge in [0.05, 0.1) is 0 Å². The fraction of sp³-hybridized carbons (Fsp3) is 0.667. The molecule has 2 nitrogen and oxygen atoms in total. The molecule has 0 aliphatic heterocycles. The van der Waals surface area contributed by atoms with Gasteiger partial charge >= 0.3 is 0 Å². The highest BCUT2D eigenvalue weighted by Crippen LogP contribution is 2.25. The molecule has 0 amide bonds. The Morgan fingerprint density at radius 1 is 1.33 bits per heavy atom. The van der Waals surface area contributed by atoms with E-state index in [9.17, 15) is 0 Å². The van der Waals surface area contributed by atoms with Crippen LogP contribution < -0.4 is 5.32 Å².